The van der Waals surface area contributed by atoms with Gasteiger partial charge in [-0.1, -0.05) is 6.07 Å². The monoisotopic (exact) mass is 310 g/mol. The van der Waals surface area contributed by atoms with Crippen LogP contribution in [0.1, 0.15) is 25.1 Å². The van der Waals surface area contributed by atoms with E-state index in [0.29, 0.717) is 13.1 Å². The van der Waals surface area contributed by atoms with Crippen molar-refractivity contribution in [3.05, 3.63) is 35.8 Å². The summed E-state index contributed by atoms with van der Waals surface area (Å²) in [4.78, 5) is 4.41. The molecule has 21 heavy (non-hydrogen) atoms. The molecule has 2 aromatic heterocycles. The second kappa shape index (κ2) is 6.55. The summed E-state index contributed by atoms with van der Waals surface area (Å²) in [5.41, 5.74) is 3.14. The maximum Gasteiger partial charge on any atom is 0.211 e. The summed E-state index contributed by atoms with van der Waals surface area (Å²) in [7, 11) is -3.13. The zero-order valence-corrected chi connectivity index (χ0v) is 13.4. The number of hydrogen-bond donors (Lipinski definition) is 2. The smallest absolute Gasteiger partial charge is 0.211 e. The number of sulfonamides is 1. The van der Waals surface area contributed by atoms with E-state index in [-0.39, 0.29) is 11.8 Å². The SMILES string of the molecule is CCS(=O)(=O)NC[C@H](C)NCc1cnc2c(C)cccn12. The highest BCUT2D eigenvalue weighted by atomic mass is 32.2. The van der Waals surface area contributed by atoms with E-state index in [1.165, 1.54) is 0 Å². The number of aromatic nitrogens is 2. The van der Waals surface area contributed by atoms with Crippen LogP contribution in [0.4, 0.5) is 0 Å². The molecule has 0 spiro atoms. The molecule has 0 amide bonds. The lowest BCUT2D eigenvalue weighted by molar-refractivity contribution is 0.520. The van der Waals surface area contributed by atoms with Crippen molar-refractivity contribution in [2.75, 3.05) is 12.3 Å². The van der Waals surface area contributed by atoms with Gasteiger partial charge >= 0.3 is 0 Å². The molecule has 0 saturated carbocycles. The summed E-state index contributed by atoms with van der Waals surface area (Å²) in [5.74, 6) is 0.103. The molecule has 0 unspecified atom stereocenters. The fourth-order valence-electron chi connectivity index (χ4n) is 2.04. The molecule has 1 atom stereocenters. The van der Waals surface area contributed by atoms with E-state index >= 15 is 0 Å². The molecule has 0 saturated heterocycles. The predicted molar refractivity (Wildman–Crippen MR) is 83.7 cm³/mol. The Bertz CT molecular complexity index is 709. The zero-order chi connectivity index (χ0) is 15.5. The predicted octanol–water partition coefficient (Wildman–Crippen LogP) is 1.06. The Morgan fingerprint density at radius 1 is 1.43 bits per heavy atom. The lowest BCUT2D eigenvalue weighted by atomic mass is 10.3. The van der Waals surface area contributed by atoms with Crippen molar-refractivity contribution in [2.45, 2.75) is 33.4 Å². The number of imidazole rings is 1. The molecule has 2 rings (SSSR count). The highest BCUT2D eigenvalue weighted by molar-refractivity contribution is 7.89. The van der Waals surface area contributed by atoms with Gasteiger partial charge < -0.3 is 9.72 Å². The van der Waals surface area contributed by atoms with Crippen molar-refractivity contribution in [3.8, 4) is 0 Å². The first-order chi connectivity index (χ1) is 9.93. The van der Waals surface area contributed by atoms with Gasteiger partial charge in [0.05, 0.1) is 17.6 Å². The highest BCUT2D eigenvalue weighted by Gasteiger charge is 2.10. The molecule has 0 radical (unpaired) electrons. The number of hydrogen-bond acceptors (Lipinski definition) is 4. The zero-order valence-electron chi connectivity index (χ0n) is 12.6. The molecule has 0 aromatic carbocycles. The van der Waals surface area contributed by atoms with Crippen LogP contribution >= 0.6 is 0 Å². The second-order valence-electron chi connectivity index (χ2n) is 5.17. The van der Waals surface area contributed by atoms with Crippen molar-refractivity contribution >= 4 is 15.7 Å². The average molecular weight is 310 g/mol. The Hall–Kier alpha value is -1.44. The molecule has 0 aliphatic rings. The van der Waals surface area contributed by atoms with E-state index < -0.39 is 10.0 Å². The lowest BCUT2D eigenvalue weighted by Crippen LogP contribution is -2.39. The lowest BCUT2D eigenvalue weighted by Gasteiger charge is -2.14. The Morgan fingerprint density at radius 3 is 2.90 bits per heavy atom. The average Bonchev–Trinajstić information content (AvgIpc) is 2.88. The maximum absolute atomic E-state index is 11.4. The van der Waals surface area contributed by atoms with Gasteiger partial charge in [-0.2, -0.15) is 0 Å². The minimum absolute atomic E-state index is 0.0432. The summed E-state index contributed by atoms with van der Waals surface area (Å²) in [6.45, 7) is 6.63. The number of fused-ring (bicyclic) bond motifs is 1. The number of nitrogens with zero attached hydrogens (tertiary/aromatic N) is 2. The van der Waals surface area contributed by atoms with Crippen molar-refractivity contribution in [1.82, 2.24) is 19.4 Å². The van der Waals surface area contributed by atoms with Crippen molar-refractivity contribution in [1.29, 1.82) is 0 Å². The third kappa shape index (κ3) is 4.03. The molecule has 0 bridgehead atoms. The molecule has 2 heterocycles. The van der Waals surface area contributed by atoms with Crippen LogP contribution < -0.4 is 10.0 Å². The normalized spacial score (nSPS) is 13.7. The molecule has 6 nitrogen and oxygen atoms in total. The summed E-state index contributed by atoms with van der Waals surface area (Å²) >= 11 is 0. The minimum Gasteiger partial charge on any atom is -0.307 e. The van der Waals surface area contributed by atoms with Gasteiger partial charge in [0.1, 0.15) is 5.65 Å². The molecule has 116 valence electrons. The van der Waals surface area contributed by atoms with Crippen LogP contribution in [0.5, 0.6) is 0 Å². The Balaban J connectivity index is 1.94. The van der Waals surface area contributed by atoms with Crippen LogP contribution in [0.15, 0.2) is 24.5 Å². The molecular formula is C14H22N4O2S. The van der Waals surface area contributed by atoms with E-state index in [1.54, 1.807) is 6.92 Å². The Labute approximate surface area is 125 Å². The first-order valence-electron chi connectivity index (χ1n) is 7.05. The van der Waals surface area contributed by atoms with Gasteiger partial charge in [0.2, 0.25) is 10.0 Å². The van der Waals surface area contributed by atoms with Crippen LogP contribution in [0.2, 0.25) is 0 Å². The molecule has 7 heteroatoms. The van der Waals surface area contributed by atoms with Crippen molar-refractivity contribution < 1.29 is 8.42 Å². The number of aryl methyl sites for hydroxylation is 1. The van der Waals surface area contributed by atoms with E-state index in [9.17, 15) is 8.42 Å². The quantitative estimate of drug-likeness (QED) is 0.802. The molecule has 0 aliphatic heterocycles. The highest BCUT2D eigenvalue weighted by Crippen LogP contribution is 2.10. The van der Waals surface area contributed by atoms with E-state index in [0.717, 1.165) is 16.9 Å². The van der Waals surface area contributed by atoms with Crippen LogP contribution in [-0.2, 0) is 16.6 Å². The number of nitrogens with one attached hydrogen (secondary N) is 2. The van der Waals surface area contributed by atoms with E-state index in [4.69, 9.17) is 0 Å². The van der Waals surface area contributed by atoms with Crippen LogP contribution in [0.25, 0.3) is 5.65 Å². The molecule has 0 aliphatic carbocycles. The van der Waals surface area contributed by atoms with Gasteiger partial charge in [-0.05, 0) is 32.4 Å². The third-order valence-corrected chi connectivity index (χ3v) is 4.80. The number of rotatable bonds is 7. The van der Waals surface area contributed by atoms with Crippen LogP contribution in [0.3, 0.4) is 0 Å². The largest absolute Gasteiger partial charge is 0.307 e. The second-order valence-corrected chi connectivity index (χ2v) is 7.26. The van der Waals surface area contributed by atoms with Gasteiger partial charge in [0.25, 0.3) is 0 Å². The van der Waals surface area contributed by atoms with Crippen LogP contribution in [0, 0.1) is 6.92 Å². The van der Waals surface area contributed by atoms with Gasteiger partial charge in [0.15, 0.2) is 0 Å². The summed E-state index contributed by atoms with van der Waals surface area (Å²) in [5, 5.41) is 3.31. The number of pyridine rings is 1. The van der Waals surface area contributed by atoms with E-state index in [1.807, 2.05) is 42.8 Å². The Kier molecular flexibility index (Phi) is 4.97. The maximum atomic E-state index is 11.4. The fraction of sp³-hybridized carbons (Fsp3) is 0.500. The van der Waals surface area contributed by atoms with E-state index in [2.05, 4.69) is 15.0 Å². The molecule has 2 N–H and O–H groups in total. The summed E-state index contributed by atoms with van der Waals surface area (Å²) < 4.78 is 27.4. The van der Waals surface area contributed by atoms with Gasteiger partial charge in [-0.15, -0.1) is 0 Å². The van der Waals surface area contributed by atoms with Gasteiger partial charge in [-0.3, -0.25) is 0 Å². The fourth-order valence-corrected chi connectivity index (χ4v) is 2.75. The summed E-state index contributed by atoms with van der Waals surface area (Å²) in [6, 6.07) is 4.07. The summed E-state index contributed by atoms with van der Waals surface area (Å²) in [6.07, 6.45) is 3.83. The molecular weight excluding hydrogens is 288 g/mol. The minimum atomic E-state index is -3.13. The van der Waals surface area contributed by atoms with Gasteiger partial charge in [-0.25, -0.2) is 18.1 Å². The Morgan fingerprint density at radius 2 is 2.19 bits per heavy atom. The standard InChI is InChI=1S/C14H22N4O2S/c1-4-21(19,20)17-8-12(3)15-9-13-10-16-14-11(2)6-5-7-18(13)14/h5-7,10,12,15,17H,4,8-9H2,1-3H3/t12-/m0/s1. The third-order valence-electron chi connectivity index (χ3n) is 3.43. The first kappa shape index (κ1) is 15.9. The van der Waals surface area contributed by atoms with Gasteiger partial charge in [0, 0.05) is 25.3 Å². The van der Waals surface area contributed by atoms with Crippen molar-refractivity contribution in [3.63, 3.8) is 0 Å². The van der Waals surface area contributed by atoms with Crippen LogP contribution in [-0.4, -0.2) is 36.1 Å². The first-order valence-corrected chi connectivity index (χ1v) is 8.70. The molecule has 2 aromatic rings. The molecule has 0 fully saturated rings. The topological polar surface area (TPSA) is 75.5 Å². The van der Waals surface area contributed by atoms with Crippen molar-refractivity contribution in [2.24, 2.45) is 0 Å².